The van der Waals surface area contributed by atoms with E-state index in [0.29, 0.717) is 31.4 Å². The van der Waals surface area contributed by atoms with Gasteiger partial charge in [0.05, 0.1) is 17.0 Å². The summed E-state index contributed by atoms with van der Waals surface area (Å²) in [6.07, 6.45) is 5.72. The summed E-state index contributed by atoms with van der Waals surface area (Å²) < 4.78 is 14.8. The third kappa shape index (κ3) is 4.71. The van der Waals surface area contributed by atoms with E-state index in [0.717, 1.165) is 18.9 Å². The van der Waals surface area contributed by atoms with Crippen LogP contribution in [0.15, 0.2) is 24.5 Å². The number of nitrogens with one attached hydrogen (secondary N) is 2. The normalized spacial score (nSPS) is 20.8. The Hall–Kier alpha value is -2.94. The van der Waals surface area contributed by atoms with Gasteiger partial charge in [-0.3, -0.25) is 14.4 Å². The average molecular weight is 448 g/mol. The number of carbonyl (C=O) groups excluding carboxylic acids is 3. The molecule has 0 bridgehead atoms. The van der Waals surface area contributed by atoms with Gasteiger partial charge in [0.1, 0.15) is 11.5 Å². The van der Waals surface area contributed by atoms with E-state index in [9.17, 15) is 18.8 Å². The third-order valence-corrected chi connectivity index (χ3v) is 6.12. The van der Waals surface area contributed by atoms with Crippen LogP contribution >= 0.6 is 11.6 Å². The first kappa shape index (κ1) is 21.3. The molecular weight excluding hydrogens is 425 g/mol. The van der Waals surface area contributed by atoms with Gasteiger partial charge >= 0.3 is 0 Å². The highest BCUT2D eigenvalue weighted by Gasteiger charge is 2.33. The standard InChI is InChI=1S/C21H23ClFN5O3/c22-15-9-12(23)3-8-16(15)27-20(30)11-1-6-14(7-2-11)28-10-25-17(18(28)19(24)29)21(31)26-13-4-5-13/h3,8-11,13-14H,1-2,4-7H2,(H2,24,29)(H,26,31)(H,27,30). The lowest BCUT2D eigenvalue weighted by molar-refractivity contribution is -0.121. The molecule has 0 saturated heterocycles. The molecule has 2 aromatic rings. The number of aromatic nitrogens is 2. The van der Waals surface area contributed by atoms with Gasteiger partial charge in [-0.25, -0.2) is 9.37 Å². The number of primary amides is 1. The summed E-state index contributed by atoms with van der Waals surface area (Å²) in [5, 5.41) is 5.72. The zero-order chi connectivity index (χ0) is 22.1. The molecule has 0 unspecified atom stereocenters. The van der Waals surface area contributed by atoms with Crippen LogP contribution in [0, 0.1) is 11.7 Å². The molecule has 0 atom stereocenters. The van der Waals surface area contributed by atoms with Crippen LogP contribution in [-0.2, 0) is 4.79 Å². The van der Waals surface area contributed by atoms with E-state index < -0.39 is 11.7 Å². The summed E-state index contributed by atoms with van der Waals surface area (Å²) in [7, 11) is 0. The second-order valence-corrected chi connectivity index (χ2v) is 8.49. The van der Waals surface area contributed by atoms with E-state index in [1.807, 2.05) is 0 Å². The molecule has 1 aromatic heterocycles. The number of hydrogen-bond acceptors (Lipinski definition) is 4. The smallest absolute Gasteiger partial charge is 0.272 e. The van der Waals surface area contributed by atoms with Crippen molar-refractivity contribution in [3.05, 3.63) is 46.8 Å². The van der Waals surface area contributed by atoms with Crippen molar-refractivity contribution in [2.75, 3.05) is 5.32 Å². The van der Waals surface area contributed by atoms with Gasteiger partial charge in [0.2, 0.25) is 5.91 Å². The molecule has 0 aliphatic heterocycles. The summed E-state index contributed by atoms with van der Waals surface area (Å²) >= 11 is 5.98. The number of amides is 3. The summed E-state index contributed by atoms with van der Waals surface area (Å²) in [4.78, 5) is 41.2. The molecule has 2 fully saturated rings. The van der Waals surface area contributed by atoms with Gasteiger partial charge in [-0.2, -0.15) is 0 Å². The number of nitrogens with zero attached hydrogens (tertiary/aromatic N) is 2. The number of imidazole rings is 1. The van der Waals surface area contributed by atoms with Crippen molar-refractivity contribution in [1.29, 1.82) is 0 Å². The van der Waals surface area contributed by atoms with Crippen molar-refractivity contribution in [3.63, 3.8) is 0 Å². The zero-order valence-electron chi connectivity index (χ0n) is 16.7. The molecular formula is C21H23ClFN5O3. The van der Waals surface area contributed by atoms with Crippen molar-refractivity contribution >= 4 is 35.0 Å². The molecule has 0 radical (unpaired) electrons. The van der Waals surface area contributed by atoms with Crippen molar-refractivity contribution in [1.82, 2.24) is 14.9 Å². The molecule has 3 amide bonds. The first-order chi connectivity index (χ1) is 14.8. The predicted octanol–water partition coefficient (Wildman–Crippen LogP) is 3.04. The highest BCUT2D eigenvalue weighted by atomic mass is 35.5. The van der Waals surface area contributed by atoms with Gasteiger partial charge in [-0.05, 0) is 56.7 Å². The van der Waals surface area contributed by atoms with Gasteiger partial charge in [0, 0.05) is 18.0 Å². The molecule has 4 rings (SSSR count). The predicted molar refractivity (Wildman–Crippen MR) is 112 cm³/mol. The Kier molecular flexibility index (Phi) is 5.95. The van der Waals surface area contributed by atoms with Crippen LogP contribution in [-0.4, -0.2) is 33.3 Å². The minimum Gasteiger partial charge on any atom is -0.364 e. The van der Waals surface area contributed by atoms with E-state index in [2.05, 4.69) is 15.6 Å². The van der Waals surface area contributed by atoms with E-state index >= 15 is 0 Å². The van der Waals surface area contributed by atoms with Crippen LogP contribution in [0.25, 0.3) is 0 Å². The van der Waals surface area contributed by atoms with Crippen LogP contribution in [0.4, 0.5) is 10.1 Å². The molecule has 8 nitrogen and oxygen atoms in total. The largest absolute Gasteiger partial charge is 0.364 e. The molecule has 2 aliphatic rings. The number of nitrogens with two attached hydrogens (primary N) is 1. The van der Waals surface area contributed by atoms with Gasteiger partial charge in [-0.15, -0.1) is 0 Å². The monoisotopic (exact) mass is 447 g/mol. The molecule has 31 heavy (non-hydrogen) atoms. The molecule has 2 aliphatic carbocycles. The molecule has 1 aromatic carbocycles. The molecule has 1 heterocycles. The fourth-order valence-corrected chi connectivity index (χ4v) is 4.19. The van der Waals surface area contributed by atoms with Gasteiger partial charge in [-0.1, -0.05) is 11.6 Å². The van der Waals surface area contributed by atoms with Gasteiger partial charge in [0.15, 0.2) is 5.69 Å². The Bertz CT molecular complexity index is 1030. The Morgan fingerprint density at radius 2 is 1.84 bits per heavy atom. The van der Waals surface area contributed by atoms with E-state index in [1.165, 1.54) is 18.5 Å². The van der Waals surface area contributed by atoms with E-state index in [4.69, 9.17) is 17.3 Å². The van der Waals surface area contributed by atoms with E-state index in [1.54, 1.807) is 4.57 Å². The quantitative estimate of drug-likeness (QED) is 0.630. The Morgan fingerprint density at radius 1 is 1.13 bits per heavy atom. The number of halogens is 2. The molecule has 164 valence electrons. The van der Waals surface area contributed by atoms with Crippen LogP contribution in [0.1, 0.15) is 65.5 Å². The Balaban J connectivity index is 1.41. The summed E-state index contributed by atoms with van der Waals surface area (Å²) in [6.45, 7) is 0. The fourth-order valence-electron chi connectivity index (χ4n) is 3.97. The van der Waals surface area contributed by atoms with Crippen molar-refractivity contribution in [3.8, 4) is 0 Å². The highest BCUT2D eigenvalue weighted by Crippen LogP contribution is 2.35. The maximum absolute atomic E-state index is 13.2. The molecule has 2 saturated carbocycles. The van der Waals surface area contributed by atoms with Crippen LogP contribution < -0.4 is 16.4 Å². The van der Waals surface area contributed by atoms with Crippen molar-refractivity contribution in [2.24, 2.45) is 11.7 Å². The Morgan fingerprint density at radius 3 is 2.45 bits per heavy atom. The van der Waals surface area contributed by atoms with Crippen molar-refractivity contribution < 1.29 is 18.8 Å². The number of hydrogen-bond donors (Lipinski definition) is 3. The van der Waals surface area contributed by atoms with Crippen LogP contribution in [0.3, 0.4) is 0 Å². The fraction of sp³-hybridized carbons (Fsp3) is 0.429. The lowest BCUT2D eigenvalue weighted by atomic mass is 9.85. The maximum Gasteiger partial charge on any atom is 0.272 e. The minimum atomic E-state index is -0.704. The minimum absolute atomic E-state index is 0.0465. The SMILES string of the molecule is NC(=O)c1c(C(=O)NC2CC2)ncn1C1CCC(C(=O)Nc2ccc(F)cc2Cl)CC1. The number of benzene rings is 1. The lowest BCUT2D eigenvalue weighted by Gasteiger charge is -2.29. The highest BCUT2D eigenvalue weighted by molar-refractivity contribution is 6.33. The topological polar surface area (TPSA) is 119 Å². The van der Waals surface area contributed by atoms with Crippen LogP contribution in [0.2, 0.25) is 5.02 Å². The first-order valence-corrected chi connectivity index (χ1v) is 10.6. The summed E-state index contributed by atoms with van der Waals surface area (Å²) in [5.74, 6) is -1.99. The van der Waals surface area contributed by atoms with Gasteiger partial charge in [0.25, 0.3) is 11.8 Å². The van der Waals surface area contributed by atoms with Crippen LogP contribution in [0.5, 0.6) is 0 Å². The van der Waals surface area contributed by atoms with Gasteiger partial charge < -0.3 is 20.9 Å². The Labute approximate surface area is 183 Å². The second kappa shape index (κ2) is 8.66. The number of carbonyl (C=O) groups is 3. The second-order valence-electron chi connectivity index (χ2n) is 8.08. The molecule has 0 spiro atoms. The summed E-state index contributed by atoms with van der Waals surface area (Å²) in [5.41, 5.74) is 6.07. The van der Waals surface area contributed by atoms with Crippen molar-refractivity contribution in [2.45, 2.75) is 50.6 Å². The molecule has 10 heteroatoms. The number of rotatable bonds is 6. The lowest BCUT2D eigenvalue weighted by Crippen LogP contribution is -2.31. The average Bonchev–Trinajstić information content (AvgIpc) is 3.43. The summed E-state index contributed by atoms with van der Waals surface area (Å²) in [6, 6.07) is 3.87. The number of anilines is 1. The first-order valence-electron chi connectivity index (χ1n) is 10.3. The maximum atomic E-state index is 13.2. The van der Waals surface area contributed by atoms with E-state index in [-0.39, 0.29) is 46.2 Å². The third-order valence-electron chi connectivity index (χ3n) is 5.80. The zero-order valence-corrected chi connectivity index (χ0v) is 17.5. The molecule has 4 N–H and O–H groups in total.